The van der Waals surface area contributed by atoms with Crippen LogP contribution >= 0.6 is 0 Å². The van der Waals surface area contributed by atoms with Gasteiger partial charge >= 0.3 is 0 Å². The van der Waals surface area contributed by atoms with Crippen molar-refractivity contribution in [2.75, 3.05) is 33.2 Å². The van der Waals surface area contributed by atoms with Gasteiger partial charge in [-0.1, -0.05) is 44.2 Å². The molecule has 0 bridgehead atoms. The van der Waals surface area contributed by atoms with Gasteiger partial charge in [0.25, 0.3) is 0 Å². The number of likely N-dealkylation sites (N-methyl/N-ethyl adjacent to an activating group) is 2. The Morgan fingerprint density at radius 1 is 1.19 bits per heavy atom. The van der Waals surface area contributed by atoms with Gasteiger partial charge in [0.05, 0.1) is 0 Å². The van der Waals surface area contributed by atoms with E-state index in [2.05, 4.69) is 73.3 Å². The van der Waals surface area contributed by atoms with Crippen molar-refractivity contribution in [3.05, 3.63) is 35.9 Å². The molecule has 1 fully saturated rings. The number of nitrogens with zero attached hydrogens (tertiary/aromatic N) is 2. The molecule has 118 valence electrons. The molecule has 0 amide bonds. The molecular weight excluding hydrogens is 258 g/mol. The van der Waals surface area contributed by atoms with E-state index in [4.69, 9.17) is 0 Å². The third kappa shape index (κ3) is 4.06. The molecule has 3 atom stereocenters. The van der Waals surface area contributed by atoms with E-state index in [9.17, 15) is 0 Å². The molecule has 1 aliphatic rings. The Hall–Kier alpha value is -0.900. The third-order valence-electron chi connectivity index (χ3n) is 4.92. The zero-order valence-corrected chi connectivity index (χ0v) is 14.0. The normalized spacial score (nSPS) is 23.9. The van der Waals surface area contributed by atoms with E-state index in [1.807, 2.05) is 0 Å². The van der Waals surface area contributed by atoms with E-state index >= 15 is 0 Å². The minimum Gasteiger partial charge on any atom is -0.309 e. The number of piperazine rings is 1. The molecule has 1 aromatic rings. The van der Waals surface area contributed by atoms with Crippen molar-refractivity contribution in [1.82, 2.24) is 15.1 Å². The Morgan fingerprint density at radius 3 is 2.52 bits per heavy atom. The first-order valence-corrected chi connectivity index (χ1v) is 8.40. The second-order valence-electron chi connectivity index (χ2n) is 6.22. The highest BCUT2D eigenvalue weighted by molar-refractivity contribution is 5.20. The van der Waals surface area contributed by atoms with Crippen molar-refractivity contribution < 1.29 is 0 Å². The highest BCUT2D eigenvalue weighted by Gasteiger charge is 2.30. The second kappa shape index (κ2) is 7.92. The van der Waals surface area contributed by atoms with Crippen LogP contribution in [-0.4, -0.2) is 55.1 Å². The van der Waals surface area contributed by atoms with E-state index < -0.39 is 0 Å². The topological polar surface area (TPSA) is 18.5 Å². The van der Waals surface area contributed by atoms with Crippen molar-refractivity contribution in [1.29, 1.82) is 0 Å². The van der Waals surface area contributed by atoms with Crippen LogP contribution in [0.25, 0.3) is 0 Å². The molecule has 21 heavy (non-hydrogen) atoms. The highest BCUT2D eigenvalue weighted by atomic mass is 15.3. The van der Waals surface area contributed by atoms with Crippen LogP contribution in [0, 0.1) is 0 Å². The lowest BCUT2D eigenvalue weighted by Crippen LogP contribution is -2.56. The zero-order chi connectivity index (χ0) is 15.2. The molecule has 1 N–H and O–H groups in total. The van der Waals surface area contributed by atoms with Crippen LogP contribution in [-0.2, 0) is 0 Å². The van der Waals surface area contributed by atoms with Crippen molar-refractivity contribution in [2.24, 2.45) is 0 Å². The summed E-state index contributed by atoms with van der Waals surface area (Å²) in [4.78, 5) is 5.17. The van der Waals surface area contributed by atoms with Gasteiger partial charge in [0, 0.05) is 37.8 Å². The SMILES string of the molecule is CCNC(c1ccccc1)C(C)N1CCN(C)C(CC)C1. The summed E-state index contributed by atoms with van der Waals surface area (Å²) in [7, 11) is 2.26. The predicted octanol–water partition coefficient (Wildman–Crippen LogP) is 2.75. The van der Waals surface area contributed by atoms with Crippen LogP contribution in [0.15, 0.2) is 30.3 Å². The summed E-state index contributed by atoms with van der Waals surface area (Å²) in [6, 6.07) is 12.5. The molecule has 3 heteroatoms. The molecule has 0 saturated carbocycles. The number of nitrogens with one attached hydrogen (secondary N) is 1. The fourth-order valence-corrected chi connectivity index (χ4v) is 3.44. The van der Waals surface area contributed by atoms with Crippen molar-refractivity contribution >= 4 is 0 Å². The molecule has 2 rings (SSSR count). The zero-order valence-electron chi connectivity index (χ0n) is 14.0. The lowest BCUT2D eigenvalue weighted by atomic mass is 9.97. The van der Waals surface area contributed by atoms with E-state index in [0.29, 0.717) is 18.1 Å². The standard InChI is InChI=1S/C18H31N3/c1-5-17-14-21(13-12-20(17)4)15(3)18(19-6-2)16-10-8-7-9-11-16/h7-11,15,17-19H,5-6,12-14H2,1-4H3. The average Bonchev–Trinajstić information content (AvgIpc) is 2.53. The molecule has 1 aromatic carbocycles. The maximum Gasteiger partial charge on any atom is 0.0475 e. The van der Waals surface area contributed by atoms with E-state index in [1.54, 1.807) is 0 Å². The van der Waals surface area contributed by atoms with Crippen LogP contribution in [0.2, 0.25) is 0 Å². The number of benzene rings is 1. The predicted molar refractivity (Wildman–Crippen MR) is 90.6 cm³/mol. The fourth-order valence-electron chi connectivity index (χ4n) is 3.44. The largest absolute Gasteiger partial charge is 0.309 e. The molecule has 0 radical (unpaired) electrons. The van der Waals surface area contributed by atoms with Crippen molar-refractivity contribution in [3.63, 3.8) is 0 Å². The monoisotopic (exact) mass is 289 g/mol. The van der Waals surface area contributed by atoms with Crippen LogP contribution in [0.4, 0.5) is 0 Å². The molecule has 1 aliphatic heterocycles. The number of rotatable bonds is 6. The number of hydrogen-bond donors (Lipinski definition) is 1. The lowest BCUT2D eigenvalue weighted by molar-refractivity contribution is 0.0548. The lowest BCUT2D eigenvalue weighted by Gasteiger charge is -2.44. The quantitative estimate of drug-likeness (QED) is 0.869. The Bertz CT molecular complexity index is 406. The maximum atomic E-state index is 3.68. The van der Waals surface area contributed by atoms with Gasteiger partial charge in [0.2, 0.25) is 0 Å². The van der Waals surface area contributed by atoms with Crippen LogP contribution in [0.1, 0.15) is 38.8 Å². The van der Waals surface area contributed by atoms with E-state index in [-0.39, 0.29) is 0 Å². The smallest absolute Gasteiger partial charge is 0.0475 e. The third-order valence-corrected chi connectivity index (χ3v) is 4.92. The van der Waals surface area contributed by atoms with E-state index in [0.717, 1.165) is 6.54 Å². The minimum atomic E-state index is 0.414. The summed E-state index contributed by atoms with van der Waals surface area (Å²) < 4.78 is 0. The van der Waals surface area contributed by atoms with Crippen molar-refractivity contribution in [2.45, 2.75) is 45.3 Å². The Labute approximate surface area is 130 Å². The average molecular weight is 289 g/mol. The Balaban J connectivity index is 2.09. The van der Waals surface area contributed by atoms with Crippen LogP contribution < -0.4 is 5.32 Å². The second-order valence-corrected chi connectivity index (χ2v) is 6.22. The van der Waals surface area contributed by atoms with Gasteiger partial charge in [0.15, 0.2) is 0 Å². The van der Waals surface area contributed by atoms with Crippen molar-refractivity contribution in [3.8, 4) is 0 Å². The highest BCUT2D eigenvalue weighted by Crippen LogP contribution is 2.23. The molecule has 1 heterocycles. The summed E-state index contributed by atoms with van der Waals surface area (Å²) in [6.07, 6.45) is 1.23. The number of hydrogen-bond acceptors (Lipinski definition) is 3. The first-order chi connectivity index (χ1) is 10.2. The molecule has 0 aliphatic carbocycles. The molecule has 0 spiro atoms. The molecular formula is C18H31N3. The van der Waals surface area contributed by atoms with Gasteiger partial charge in [-0.15, -0.1) is 0 Å². The van der Waals surface area contributed by atoms with E-state index in [1.165, 1.54) is 31.6 Å². The van der Waals surface area contributed by atoms with Gasteiger partial charge in [-0.05, 0) is 32.5 Å². The summed E-state index contributed by atoms with van der Waals surface area (Å²) in [6.45, 7) is 11.4. The summed E-state index contributed by atoms with van der Waals surface area (Å²) in [5, 5.41) is 3.68. The summed E-state index contributed by atoms with van der Waals surface area (Å²) in [5.41, 5.74) is 1.40. The summed E-state index contributed by atoms with van der Waals surface area (Å²) in [5.74, 6) is 0. The Kier molecular flexibility index (Phi) is 6.22. The Morgan fingerprint density at radius 2 is 1.90 bits per heavy atom. The fraction of sp³-hybridized carbons (Fsp3) is 0.667. The van der Waals surface area contributed by atoms with Gasteiger partial charge < -0.3 is 10.2 Å². The summed E-state index contributed by atoms with van der Waals surface area (Å²) >= 11 is 0. The minimum absolute atomic E-state index is 0.414. The van der Waals surface area contributed by atoms with Gasteiger partial charge in [-0.2, -0.15) is 0 Å². The molecule has 0 aromatic heterocycles. The van der Waals surface area contributed by atoms with Crippen LogP contribution in [0.3, 0.4) is 0 Å². The van der Waals surface area contributed by atoms with Crippen LogP contribution in [0.5, 0.6) is 0 Å². The first kappa shape index (κ1) is 16.5. The molecule has 3 nitrogen and oxygen atoms in total. The maximum absolute atomic E-state index is 3.68. The molecule has 3 unspecified atom stereocenters. The van der Waals surface area contributed by atoms with Gasteiger partial charge in [-0.25, -0.2) is 0 Å². The molecule has 1 saturated heterocycles. The van der Waals surface area contributed by atoms with Gasteiger partial charge in [-0.3, -0.25) is 4.90 Å². The first-order valence-electron chi connectivity index (χ1n) is 8.40. The van der Waals surface area contributed by atoms with Gasteiger partial charge in [0.1, 0.15) is 0 Å².